The van der Waals surface area contributed by atoms with Crippen molar-refractivity contribution >= 4 is 39.2 Å². The topological polar surface area (TPSA) is 42.9 Å². The molecule has 72 valence electrons. The molecule has 14 heavy (non-hydrogen) atoms. The van der Waals surface area contributed by atoms with E-state index in [0.717, 1.165) is 14.7 Å². The number of ketones is 1. The molecule has 0 bridgehead atoms. The second-order valence-corrected chi connectivity index (χ2v) is 5.00. The highest BCUT2D eigenvalue weighted by Gasteiger charge is 2.05. The summed E-state index contributed by atoms with van der Waals surface area (Å²) in [6.45, 7) is 1.58. The van der Waals surface area contributed by atoms with E-state index in [0.29, 0.717) is 5.75 Å². The Morgan fingerprint density at radius 1 is 1.64 bits per heavy atom. The Morgan fingerprint density at radius 3 is 3.21 bits per heavy atom. The Kier molecular flexibility index (Phi) is 2.79. The van der Waals surface area contributed by atoms with Crippen LogP contribution in [0.25, 0.3) is 10.3 Å². The summed E-state index contributed by atoms with van der Waals surface area (Å²) in [6.07, 6.45) is 1.75. The second kappa shape index (κ2) is 4.06. The molecule has 5 heteroatoms. The predicted molar refractivity (Wildman–Crippen MR) is 58.8 cm³/mol. The van der Waals surface area contributed by atoms with Crippen LogP contribution in [0.4, 0.5) is 0 Å². The highest BCUT2D eigenvalue weighted by molar-refractivity contribution is 8.01. The molecular weight excluding hydrogens is 216 g/mol. The lowest BCUT2D eigenvalue weighted by Gasteiger charge is -1.89. The zero-order valence-corrected chi connectivity index (χ0v) is 9.19. The summed E-state index contributed by atoms with van der Waals surface area (Å²) in [7, 11) is 0. The second-order valence-electron chi connectivity index (χ2n) is 2.80. The smallest absolute Gasteiger partial charge is 0.153 e. The molecule has 2 aromatic heterocycles. The molecule has 3 nitrogen and oxygen atoms in total. The van der Waals surface area contributed by atoms with E-state index in [1.54, 1.807) is 13.1 Å². The number of pyridine rings is 1. The summed E-state index contributed by atoms with van der Waals surface area (Å²) >= 11 is 3.00. The highest BCUT2D eigenvalue weighted by atomic mass is 32.2. The van der Waals surface area contributed by atoms with Crippen molar-refractivity contribution in [3.8, 4) is 0 Å². The van der Waals surface area contributed by atoms with E-state index >= 15 is 0 Å². The maximum Gasteiger partial charge on any atom is 0.153 e. The fourth-order valence-corrected chi connectivity index (χ4v) is 2.76. The van der Waals surface area contributed by atoms with E-state index < -0.39 is 0 Å². The van der Waals surface area contributed by atoms with Crippen molar-refractivity contribution in [1.82, 2.24) is 9.97 Å². The van der Waals surface area contributed by atoms with Crippen LogP contribution in [-0.4, -0.2) is 21.5 Å². The van der Waals surface area contributed by atoms with Gasteiger partial charge < -0.3 is 0 Å². The van der Waals surface area contributed by atoms with Crippen LogP contribution < -0.4 is 0 Å². The van der Waals surface area contributed by atoms with Crippen molar-refractivity contribution in [2.45, 2.75) is 11.3 Å². The molecule has 0 amide bonds. The first kappa shape index (κ1) is 9.61. The first-order valence-electron chi connectivity index (χ1n) is 4.09. The fourth-order valence-electron chi connectivity index (χ4n) is 0.975. The zero-order valence-electron chi connectivity index (χ0n) is 7.56. The number of fused-ring (bicyclic) bond motifs is 1. The summed E-state index contributed by atoms with van der Waals surface area (Å²) in [5.74, 6) is 0.655. The molecule has 0 spiro atoms. The number of rotatable bonds is 3. The molecule has 2 heterocycles. The Morgan fingerprint density at radius 2 is 2.50 bits per heavy atom. The van der Waals surface area contributed by atoms with Gasteiger partial charge in [-0.15, -0.1) is 0 Å². The van der Waals surface area contributed by atoms with Crippen LogP contribution in [0.2, 0.25) is 0 Å². The average molecular weight is 224 g/mol. The Hall–Kier alpha value is -0.940. The van der Waals surface area contributed by atoms with Crippen molar-refractivity contribution in [3.63, 3.8) is 0 Å². The minimum absolute atomic E-state index is 0.169. The number of thioether (sulfide) groups is 1. The third kappa shape index (κ3) is 2.10. The molecule has 0 atom stereocenters. The molecule has 0 fully saturated rings. The Balaban J connectivity index is 2.22. The summed E-state index contributed by atoms with van der Waals surface area (Å²) in [6, 6.07) is 3.79. The van der Waals surface area contributed by atoms with E-state index in [1.165, 1.54) is 23.1 Å². The van der Waals surface area contributed by atoms with Crippen LogP contribution in [0.3, 0.4) is 0 Å². The lowest BCUT2D eigenvalue weighted by Crippen LogP contribution is -1.91. The first-order valence-corrected chi connectivity index (χ1v) is 5.90. The van der Waals surface area contributed by atoms with Gasteiger partial charge >= 0.3 is 0 Å². The molecule has 0 saturated carbocycles. The summed E-state index contributed by atoms with van der Waals surface area (Å²) < 4.78 is 0.911. The molecule has 2 aromatic rings. The molecule has 0 aliphatic carbocycles. The van der Waals surface area contributed by atoms with Gasteiger partial charge in [-0.3, -0.25) is 4.79 Å². The Labute approximate surface area is 89.6 Å². The predicted octanol–water partition coefficient (Wildman–Crippen LogP) is 2.37. The van der Waals surface area contributed by atoms with Crippen LogP contribution in [-0.2, 0) is 4.79 Å². The van der Waals surface area contributed by atoms with Crippen LogP contribution in [0.1, 0.15) is 6.92 Å². The summed E-state index contributed by atoms with van der Waals surface area (Å²) in [5.41, 5.74) is 0.906. The molecular formula is C9H8N2OS2. The van der Waals surface area contributed by atoms with Gasteiger partial charge in [-0.1, -0.05) is 23.1 Å². The quantitative estimate of drug-likeness (QED) is 0.751. The maximum absolute atomic E-state index is 10.8. The van der Waals surface area contributed by atoms with Crippen molar-refractivity contribution < 1.29 is 4.79 Å². The molecule has 0 radical (unpaired) electrons. The minimum atomic E-state index is 0.169. The van der Waals surface area contributed by atoms with Crippen molar-refractivity contribution in [2.75, 3.05) is 5.75 Å². The number of hydrogen-bond acceptors (Lipinski definition) is 5. The zero-order chi connectivity index (χ0) is 9.97. The normalized spacial score (nSPS) is 10.6. The SMILES string of the molecule is CC(=O)CSc1nc2cccnc2s1. The first-order chi connectivity index (χ1) is 6.75. The van der Waals surface area contributed by atoms with Gasteiger partial charge in [-0.2, -0.15) is 0 Å². The molecule has 2 rings (SSSR count). The lowest BCUT2D eigenvalue weighted by atomic mass is 10.5. The third-order valence-corrected chi connectivity index (χ3v) is 3.81. The molecule has 0 aliphatic rings. The standard InChI is InChI=1S/C9H8N2OS2/c1-6(12)5-13-9-11-7-3-2-4-10-8(7)14-9/h2-4H,5H2,1H3. The van der Waals surface area contributed by atoms with Gasteiger partial charge in [0.2, 0.25) is 0 Å². The molecule has 0 aliphatic heterocycles. The number of nitrogens with zero attached hydrogens (tertiary/aromatic N) is 2. The lowest BCUT2D eigenvalue weighted by molar-refractivity contribution is -0.114. The van der Waals surface area contributed by atoms with Crippen LogP contribution >= 0.6 is 23.1 Å². The minimum Gasteiger partial charge on any atom is -0.299 e. The monoisotopic (exact) mass is 224 g/mol. The number of Topliss-reactive ketones (excluding diaryl/α,β-unsaturated/α-hetero) is 1. The van der Waals surface area contributed by atoms with E-state index in [1.807, 2.05) is 12.1 Å². The number of aromatic nitrogens is 2. The number of thiazole rings is 1. The van der Waals surface area contributed by atoms with Gasteiger partial charge in [0.25, 0.3) is 0 Å². The van der Waals surface area contributed by atoms with Gasteiger partial charge in [0.1, 0.15) is 16.1 Å². The van der Waals surface area contributed by atoms with Gasteiger partial charge in [-0.25, -0.2) is 9.97 Å². The van der Waals surface area contributed by atoms with Gasteiger partial charge in [0.05, 0.1) is 5.75 Å². The number of carbonyl (C=O) groups excluding carboxylic acids is 1. The summed E-state index contributed by atoms with van der Waals surface area (Å²) in [4.78, 5) is 20.2. The van der Waals surface area contributed by atoms with E-state index in [-0.39, 0.29) is 5.78 Å². The maximum atomic E-state index is 10.8. The molecule has 0 aromatic carbocycles. The highest BCUT2D eigenvalue weighted by Crippen LogP contribution is 2.27. The van der Waals surface area contributed by atoms with Gasteiger partial charge in [0.15, 0.2) is 4.34 Å². The molecule has 0 unspecified atom stereocenters. The van der Waals surface area contributed by atoms with Crippen molar-refractivity contribution in [2.24, 2.45) is 0 Å². The van der Waals surface area contributed by atoms with Crippen molar-refractivity contribution in [1.29, 1.82) is 0 Å². The Bertz CT molecular complexity index is 434. The third-order valence-electron chi connectivity index (χ3n) is 1.55. The van der Waals surface area contributed by atoms with E-state index in [4.69, 9.17) is 0 Å². The number of hydrogen-bond donors (Lipinski definition) is 0. The molecule has 0 N–H and O–H groups in total. The van der Waals surface area contributed by atoms with E-state index in [2.05, 4.69) is 9.97 Å². The molecule has 0 saturated heterocycles. The summed E-state index contributed by atoms with van der Waals surface area (Å²) in [5, 5.41) is 0. The van der Waals surface area contributed by atoms with Crippen LogP contribution in [0.15, 0.2) is 22.7 Å². The van der Waals surface area contributed by atoms with Crippen LogP contribution in [0.5, 0.6) is 0 Å². The average Bonchev–Trinajstić information content (AvgIpc) is 2.57. The van der Waals surface area contributed by atoms with Gasteiger partial charge in [-0.05, 0) is 19.1 Å². The largest absolute Gasteiger partial charge is 0.299 e. The van der Waals surface area contributed by atoms with Crippen LogP contribution in [0, 0.1) is 0 Å². The fraction of sp³-hybridized carbons (Fsp3) is 0.222. The van der Waals surface area contributed by atoms with Crippen molar-refractivity contribution in [3.05, 3.63) is 18.3 Å². The number of carbonyl (C=O) groups is 1. The van der Waals surface area contributed by atoms with E-state index in [9.17, 15) is 4.79 Å². The van der Waals surface area contributed by atoms with Gasteiger partial charge in [0, 0.05) is 6.20 Å².